The van der Waals surface area contributed by atoms with Crippen molar-refractivity contribution >= 4 is 23.4 Å². The number of aromatic nitrogens is 1. The monoisotopic (exact) mass is 228 g/mol. The van der Waals surface area contributed by atoms with Gasteiger partial charge < -0.3 is 10.0 Å². The molecule has 1 heterocycles. The Labute approximate surface area is 93.5 Å². The number of nitrogens with zero attached hydrogens (tertiary/aromatic N) is 2. The van der Waals surface area contributed by atoms with Crippen molar-refractivity contribution in [2.45, 2.75) is 6.92 Å². The van der Waals surface area contributed by atoms with Crippen LogP contribution >= 0.6 is 11.6 Å². The maximum Gasteiger partial charge on any atom is 0.308 e. The first-order valence-electron chi connectivity index (χ1n) is 4.56. The first kappa shape index (κ1) is 11.8. The topological polar surface area (TPSA) is 53.4 Å². The number of carboxylic acids is 1. The summed E-state index contributed by atoms with van der Waals surface area (Å²) in [5.41, 5.74) is 0. The van der Waals surface area contributed by atoms with E-state index >= 15 is 0 Å². The fourth-order valence-corrected chi connectivity index (χ4v) is 1.29. The summed E-state index contributed by atoms with van der Waals surface area (Å²) < 4.78 is 0. The molecule has 0 saturated heterocycles. The van der Waals surface area contributed by atoms with Gasteiger partial charge in [0.25, 0.3) is 0 Å². The van der Waals surface area contributed by atoms with Crippen molar-refractivity contribution in [1.82, 2.24) is 4.98 Å². The number of hydrogen-bond acceptors (Lipinski definition) is 3. The molecule has 0 fully saturated rings. The van der Waals surface area contributed by atoms with Crippen molar-refractivity contribution < 1.29 is 9.90 Å². The fraction of sp³-hybridized carbons (Fsp3) is 0.400. The van der Waals surface area contributed by atoms with Crippen LogP contribution in [0.4, 0.5) is 5.82 Å². The number of pyridine rings is 1. The summed E-state index contributed by atoms with van der Waals surface area (Å²) in [4.78, 5) is 16.5. The van der Waals surface area contributed by atoms with Crippen molar-refractivity contribution in [1.29, 1.82) is 0 Å². The van der Waals surface area contributed by atoms with Crippen molar-refractivity contribution in [3.63, 3.8) is 0 Å². The molecule has 4 nitrogen and oxygen atoms in total. The van der Waals surface area contributed by atoms with Gasteiger partial charge in [-0.25, -0.2) is 4.98 Å². The normalized spacial score (nSPS) is 12.2. The van der Waals surface area contributed by atoms with Gasteiger partial charge in [0.05, 0.1) is 10.9 Å². The molecule has 1 aromatic heterocycles. The Hall–Kier alpha value is -1.29. The Balaban J connectivity index is 2.64. The zero-order valence-electron chi connectivity index (χ0n) is 8.64. The molecule has 0 bridgehead atoms. The average Bonchev–Trinajstić information content (AvgIpc) is 2.18. The van der Waals surface area contributed by atoms with E-state index in [0.29, 0.717) is 17.4 Å². The van der Waals surface area contributed by atoms with Crippen molar-refractivity contribution in [3.05, 3.63) is 23.4 Å². The van der Waals surface area contributed by atoms with Crippen LogP contribution in [0, 0.1) is 5.92 Å². The van der Waals surface area contributed by atoms with Crippen LogP contribution in [-0.2, 0) is 4.79 Å². The zero-order valence-corrected chi connectivity index (χ0v) is 9.40. The highest BCUT2D eigenvalue weighted by atomic mass is 35.5. The largest absolute Gasteiger partial charge is 0.481 e. The first-order valence-corrected chi connectivity index (χ1v) is 4.94. The van der Waals surface area contributed by atoms with E-state index in [1.807, 2.05) is 0 Å². The SMILES string of the molecule is CC(CN(C)c1ccc(Cl)cn1)C(=O)O. The van der Waals surface area contributed by atoms with E-state index in [0.717, 1.165) is 0 Å². The molecule has 1 atom stereocenters. The molecule has 1 aromatic rings. The molecule has 1 N–H and O–H groups in total. The van der Waals surface area contributed by atoms with Crippen LogP contribution in [0.25, 0.3) is 0 Å². The summed E-state index contributed by atoms with van der Waals surface area (Å²) >= 11 is 5.70. The maximum absolute atomic E-state index is 10.7. The third kappa shape index (κ3) is 3.40. The van der Waals surface area contributed by atoms with E-state index < -0.39 is 11.9 Å². The van der Waals surface area contributed by atoms with E-state index in [9.17, 15) is 4.79 Å². The molecule has 15 heavy (non-hydrogen) atoms. The lowest BCUT2D eigenvalue weighted by molar-refractivity contribution is -0.140. The highest BCUT2D eigenvalue weighted by molar-refractivity contribution is 6.30. The second-order valence-corrected chi connectivity index (χ2v) is 3.89. The molecule has 0 spiro atoms. The summed E-state index contributed by atoms with van der Waals surface area (Å²) in [6.07, 6.45) is 1.54. The van der Waals surface area contributed by atoms with Gasteiger partial charge in [-0.05, 0) is 12.1 Å². The Morgan fingerprint density at radius 2 is 2.33 bits per heavy atom. The Bertz CT molecular complexity index is 340. The molecule has 0 aliphatic rings. The summed E-state index contributed by atoms with van der Waals surface area (Å²) in [6.45, 7) is 2.08. The van der Waals surface area contributed by atoms with Gasteiger partial charge in [-0.15, -0.1) is 0 Å². The predicted octanol–water partition coefficient (Wildman–Crippen LogP) is 1.89. The van der Waals surface area contributed by atoms with Gasteiger partial charge in [-0.1, -0.05) is 18.5 Å². The number of rotatable bonds is 4. The number of aliphatic carboxylic acids is 1. The van der Waals surface area contributed by atoms with E-state index in [4.69, 9.17) is 16.7 Å². The van der Waals surface area contributed by atoms with E-state index in [-0.39, 0.29) is 0 Å². The smallest absolute Gasteiger partial charge is 0.308 e. The summed E-state index contributed by atoms with van der Waals surface area (Å²) in [5, 5.41) is 9.32. The Morgan fingerprint density at radius 1 is 1.67 bits per heavy atom. The Morgan fingerprint density at radius 3 is 2.80 bits per heavy atom. The van der Waals surface area contributed by atoms with Gasteiger partial charge in [0, 0.05) is 19.8 Å². The van der Waals surface area contributed by atoms with E-state index in [1.54, 1.807) is 37.2 Å². The predicted molar refractivity (Wildman–Crippen MR) is 59.3 cm³/mol. The van der Waals surface area contributed by atoms with Crippen LogP contribution in [0.15, 0.2) is 18.3 Å². The molecular formula is C10H13ClN2O2. The molecular weight excluding hydrogens is 216 g/mol. The van der Waals surface area contributed by atoms with Gasteiger partial charge in [0.2, 0.25) is 0 Å². The lowest BCUT2D eigenvalue weighted by Crippen LogP contribution is -2.28. The molecule has 0 amide bonds. The maximum atomic E-state index is 10.7. The molecule has 82 valence electrons. The molecule has 0 saturated carbocycles. The number of anilines is 1. The molecule has 0 radical (unpaired) electrons. The number of halogens is 1. The quantitative estimate of drug-likeness (QED) is 0.855. The third-order valence-corrected chi connectivity index (χ3v) is 2.30. The number of carbonyl (C=O) groups is 1. The second-order valence-electron chi connectivity index (χ2n) is 3.45. The van der Waals surface area contributed by atoms with Gasteiger partial charge in [-0.2, -0.15) is 0 Å². The van der Waals surface area contributed by atoms with Crippen LogP contribution in [0.3, 0.4) is 0 Å². The Kier molecular flexibility index (Phi) is 3.91. The minimum absolute atomic E-state index is 0.421. The third-order valence-electron chi connectivity index (χ3n) is 2.07. The molecule has 0 aliphatic carbocycles. The second kappa shape index (κ2) is 4.98. The molecule has 0 aliphatic heterocycles. The minimum Gasteiger partial charge on any atom is -0.481 e. The van der Waals surface area contributed by atoms with Gasteiger partial charge in [0.15, 0.2) is 0 Å². The van der Waals surface area contributed by atoms with E-state index in [1.165, 1.54) is 0 Å². The summed E-state index contributed by atoms with van der Waals surface area (Å²) in [5.74, 6) is -0.518. The highest BCUT2D eigenvalue weighted by Gasteiger charge is 2.14. The van der Waals surface area contributed by atoms with Crippen LogP contribution in [0.5, 0.6) is 0 Å². The lowest BCUT2D eigenvalue weighted by atomic mass is 10.2. The van der Waals surface area contributed by atoms with Crippen LogP contribution in [0.1, 0.15) is 6.92 Å². The van der Waals surface area contributed by atoms with E-state index in [2.05, 4.69) is 4.98 Å². The van der Waals surface area contributed by atoms with Crippen molar-refractivity contribution in [2.24, 2.45) is 5.92 Å². The lowest BCUT2D eigenvalue weighted by Gasteiger charge is -2.20. The van der Waals surface area contributed by atoms with Crippen LogP contribution < -0.4 is 4.90 Å². The summed E-state index contributed by atoms with van der Waals surface area (Å²) in [7, 11) is 1.80. The van der Waals surface area contributed by atoms with Crippen molar-refractivity contribution in [2.75, 3.05) is 18.5 Å². The van der Waals surface area contributed by atoms with Crippen LogP contribution in [-0.4, -0.2) is 29.7 Å². The zero-order chi connectivity index (χ0) is 11.4. The minimum atomic E-state index is -0.809. The molecule has 5 heteroatoms. The number of carboxylic acid groups (broad SMARTS) is 1. The average molecular weight is 229 g/mol. The number of hydrogen-bond donors (Lipinski definition) is 1. The standard InChI is InChI=1S/C10H13ClN2O2/c1-7(10(14)15)6-13(2)9-4-3-8(11)5-12-9/h3-5,7H,6H2,1-2H3,(H,14,15). The van der Waals surface area contributed by atoms with Gasteiger partial charge >= 0.3 is 5.97 Å². The van der Waals surface area contributed by atoms with Crippen LogP contribution in [0.2, 0.25) is 5.02 Å². The molecule has 0 aromatic carbocycles. The van der Waals surface area contributed by atoms with Gasteiger partial charge in [-0.3, -0.25) is 4.79 Å². The summed E-state index contributed by atoms with van der Waals surface area (Å²) in [6, 6.07) is 3.49. The molecule has 1 rings (SSSR count). The first-order chi connectivity index (χ1) is 7.00. The highest BCUT2D eigenvalue weighted by Crippen LogP contribution is 2.14. The molecule has 1 unspecified atom stereocenters. The van der Waals surface area contributed by atoms with Gasteiger partial charge in [0.1, 0.15) is 5.82 Å². The fourth-order valence-electron chi connectivity index (χ4n) is 1.18. The van der Waals surface area contributed by atoms with Crippen molar-refractivity contribution in [3.8, 4) is 0 Å².